The van der Waals surface area contributed by atoms with E-state index in [4.69, 9.17) is 0 Å². The number of amides is 1. The van der Waals surface area contributed by atoms with Crippen LogP contribution >= 0.6 is 38.5 Å². The highest BCUT2D eigenvalue weighted by Crippen LogP contribution is 2.30. The third-order valence-electron chi connectivity index (χ3n) is 3.12. The van der Waals surface area contributed by atoms with Crippen molar-refractivity contribution < 1.29 is 4.79 Å². The summed E-state index contributed by atoms with van der Waals surface area (Å²) in [5, 5.41) is 0. The van der Waals surface area contributed by atoms with Crippen molar-refractivity contribution in [2.24, 2.45) is 5.41 Å². The maximum Gasteiger partial charge on any atom is 0.254 e. The van der Waals surface area contributed by atoms with E-state index < -0.39 is 0 Å². The Kier molecular flexibility index (Phi) is 3.83. The highest BCUT2D eigenvalue weighted by Gasteiger charge is 2.32. The van der Waals surface area contributed by atoms with Crippen LogP contribution in [0.2, 0.25) is 0 Å². The lowest BCUT2D eigenvalue weighted by molar-refractivity contribution is 0.0777. The molecule has 2 nitrogen and oxygen atoms in total. The number of carbonyl (C=O) groups excluding carboxylic acids is 1. The zero-order valence-electron chi connectivity index (χ0n) is 9.96. The van der Waals surface area contributed by atoms with Crippen molar-refractivity contribution in [3.63, 3.8) is 0 Å². The molecule has 1 heterocycles. The number of benzene rings is 1. The molecule has 0 radical (unpaired) electrons. The van der Waals surface area contributed by atoms with Gasteiger partial charge in [-0.15, -0.1) is 0 Å². The van der Waals surface area contributed by atoms with Gasteiger partial charge in [0.15, 0.2) is 0 Å². The third-order valence-corrected chi connectivity index (χ3v) is 4.56. The van der Waals surface area contributed by atoms with Crippen LogP contribution < -0.4 is 0 Å². The van der Waals surface area contributed by atoms with Gasteiger partial charge in [0.25, 0.3) is 5.91 Å². The number of nitrogens with zero attached hydrogens (tertiary/aromatic N) is 1. The molecule has 2 rings (SSSR count). The molecule has 1 saturated heterocycles. The minimum Gasteiger partial charge on any atom is -0.338 e. The first-order chi connectivity index (χ1) is 7.89. The van der Waals surface area contributed by atoms with Gasteiger partial charge >= 0.3 is 0 Å². The van der Waals surface area contributed by atoms with Crippen LogP contribution in [0.25, 0.3) is 0 Å². The van der Waals surface area contributed by atoms with E-state index in [2.05, 4.69) is 52.4 Å². The summed E-state index contributed by atoms with van der Waals surface area (Å²) in [6.45, 7) is 6.15. The monoisotopic (exact) mass is 407 g/mol. The summed E-state index contributed by atoms with van der Waals surface area (Å²) in [4.78, 5) is 14.4. The average Bonchev–Trinajstić information content (AvgIpc) is 2.61. The number of carbonyl (C=O) groups is 1. The molecule has 17 heavy (non-hydrogen) atoms. The third kappa shape index (κ3) is 3.02. The topological polar surface area (TPSA) is 20.3 Å². The van der Waals surface area contributed by atoms with Gasteiger partial charge < -0.3 is 4.90 Å². The van der Waals surface area contributed by atoms with Crippen LogP contribution in [-0.4, -0.2) is 23.9 Å². The smallest absolute Gasteiger partial charge is 0.254 e. The lowest BCUT2D eigenvalue weighted by Crippen LogP contribution is -2.30. The Labute approximate surface area is 124 Å². The normalized spacial score (nSPS) is 18.5. The van der Waals surface area contributed by atoms with Crippen LogP contribution in [0.5, 0.6) is 0 Å². The standard InChI is InChI=1S/C13H15BrINO/c1-13(2)5-6-16(8-13)12(17)10-7-9(14)3-4-11(10)15/h3-4,7H,5-6,8H2,1-2H3. The summed E-state index contributed by atoms with van der Waals surface area (Å²) in [7, 11) is 0. The van der Waals surface area contributed by atoms with Crippen LogP contribution in [-0.2, 0) is 0 Å². The molecule has 92 valence electrons. The van der Waals surface area contributed by atoms with Crippen LogP contribution in [0.3, 0.4) is 0 Å². The molecule has 0 aliphatic carbocycles. The van der Waals surface area contributed by atoms with E-state index in [0.29, 0.717) is 0 Å². The average molecular weight is 408 g/mol. The highest BCUT2D eigenvalue weighted by atomic mass is 127. The predicted octanol–water partition coefficient (Wildman–Crippen LogP) is 3.93. The minimum absolute atomic E-state index is 0.154. The summed E-state index contributed by atoms with van der Waals surface area (Å²) < 4.78 is 1.97. The summed E-state index contributed by atoms with van der Waals surface area (Å²) >= 11 is 5.64. The van der Waals surface area contributed by atoms with Crippen molar-refractivity contribution in [1.82, 2.24) is 4.90 Å². The second kappa shape index (κ2) is 4.88. The molecule has 0 saturated carbocycles. The van der Waals surface area contributed by atoms with Crippen LogP contribution in [0.4, 0.5) is 0 Å². The first kappa shape index (κ1) is 13.3. The van der Waals surface area contributed by atoms with E-state index in [0.717, 1.165) is 33.1 Å². The molecule has 1 aromatic carbocycles. The quantitative estimate of drug-likeness (QED) is 0.646. The summed E-state index contributed by atoms with van der Waals surface area (Å²) in [6, 6.07) is 5.85. The number of halogens is 2. The summed E-state index contributed by atoms with van der Waals surface area (Å²) in [5.41, 5.74) is 1.06. The van der Waals surface area contributed by atoms with E-state index in [1.54, 1.807) is 0 Å². The Hall–Kier alpha value is -0.100. The van der Waals surface area contributed by atoms with Crippen molar-refractivity contribution >= 4 is 44.4 Å². The molecular formula is C13H15BrINO. The molecule has 0 N–H and O–H groups in total. The Morgan fingerprint density at radius 2 is 2.18 bits per heavy atom. The summed E-state index contributed by atoms with van der Waals surface area (Å²) in [5.74, 6) is 0.154. The molecule has 0 spiro atoms. The molecule has 1 aliphatic heterocycles. The lowest BCUT2D eigenvalue weighted by Gasteiger charge is -2.20. The molecule has 1 aromatic rings. The number of hydrogen-bond donors (Lipinski definition) is 0. The van der Waals surface area contributed by atoms with E-state index in [1.807, 2.05) is 23.1 Å². The molecular weight excluding hydrogens is 393 g/mol. The molecule has 0 atom stereocenters. The zero-order chi connectivity index (χ0) is 12.6. The van der Waals surface area contributed by atoms with Crippen molar-refractivity contribution in [2.75, 3.05) is 13.1 Å². The van der Waals surface area contributed by atoms with Crippen molar-refractivity contribution in [3.8, 4) is 0 Å². The van der Waals surface area contributed by atoms with Gasteiger partial charge in [-0.1, -0.05) is 29.8 Å². The SMILES string of the molecule is CC1(C)CCN(C(=O)c2cc(Br)ccc2I)C1. The first-order valence-corrected chi connectivity index (χ1v) is 7.51. The maximum absolute atomic E-state index is 12.4. The van der Waals surface area contributed by atoms with Crippen LogP contribution in [0, 0.1) is 8.99 Å². The molecule has 1 amide bonds. The fraction of sp³-hybridized carbons (Fsp3) is 0.462. The van der Waals surface area contributed by atoms with Gasteiger partial charge in [-0.2, -0.15) is 0 Å². The Morgan fingerprint density at radius 1 is 1.47 bits per heavy atom. The number of likely N-dealkylation sites (tertiary alicyclic amines) is 1. The largest absolute Gasteiger partial charge is 0.338 e. The summed E-state index contributed by atoms with van der Waals surface area (Å²) in [6.07, 6.45) is 1.09. The Morgan fingerprint density at radius 3 is 2.76 bits per heavy atom. The van der Waals surface area contributed by atoms with Gasteiger partial charge in [-0.05, 0) is 52.6 Å². The molecule has 0 aromatic heterocycles. The van der Waals surface area contributed by atoms with E-state index in [-0.39, 0.29) is 11.3 Å². The van der Waals surface area contributed by atoms with Gasteiger partial charge in [-0.25, -0.2) is 0 Å². The van der Waals surface area contributed by atoms with Crippen LogP contribution in [0.1, 0.15) is 30.6 Å². The van der Waals surface area contributed by atoms with E-state index in [1.165, 1.54) is 0 Å². The van der Waals surface area contributed by atoms with Gasteiger partial charge in [0.2, 0.25) is 0 Å². The number of hydrogen-bond acceptors (Lipinski definition) is 1. The molecule has 0 unspecified atom stereocenters. The fourth-order valence-corrected chi connectivity index (χ4v) is 3.04. The van der Waals surface area contributed by atoms with Crippen molar-refractivity contribution in [3.05, 3.63) is 31.8 Å². The molecule has 1 aliphatic rings. The van der Waals surface area contributed by atoms with E-state index >= 15 is 0 Å². The maximum atomic E-state index is 12.4. The Bertz CT molecular complexity index is 459. The van der Waals surface area contributed by atoms with Gasteiger partial charge in [-0.3, -0.25) is 4.79 Å². The number of rotatable bonds is 1. The molecule has 4 heteroatoms. The van der Waals surface area contributed by atoms with Gasteiger partial charge in [0, 0.05) is 21.1 Å². The van der Waals surface area contributed by atoms with Crippen molar-refractivity contribution in [1.29, 1.82) is 0 Å². The second-order valence-electron chi connectivity index (χ2n) is 5.27. The fourth-order valence-electron chi connectivity index (χ4n) is 2.12. The minimum atomic E-state index is 0.154. The van der Waals surface area contributed by atoms with E-state index in [9.17, 15) is 4.79 Å². The molecule has 0 bridgehead atoms. The second-order valence-corrected chi connectivity index (χ2v) is 7.34. The first-order valence-electron chi connectivity index (χ1n) is 5.63. The zero-order valence-corrected chi connectivity index (χ0v) is 13.7. The van der Waals surface area contributed by atoms with Gasteiger partial charge in [0.1, 0.15) is 0 Å². The van der Waals surface area contributed by atoms with Crippen molar-refractivity contribution in [2.45, 2.75) is 20.3 Å². The predicted molar refractivity (Wildman–Crippen MR) is 81.2 cm³/mol. The van der Waals surface area contributed by atoms with Crippen LogP contribution in [0.15, 0.2) is 22.7 Å². The lowest BCUT2D eigenvalue weighted by atomic mass is 9.93. The van der Waals surface area contributed by atoms with Gasteiger partial charge in [0.05, 0.1) is 5.56 Å². The molecule has 1 fully saturated rings. The Balaban J connectivity index is 2.23. The highest BCUT2D eigenvalue weighted by molar-refractivity contribution is 14.1.